The van der Waals surface area contributed by atoms with Crippen LogP contribution in [0.15, 0.2) is 0 Å². The van der Waals surface area contributed by atoms with E-state index in [1.54, 1.807) is 0 Å². The van der Waals surface area contributed by atoms with Gasteiger partial charge in [-0.15, -0.1) is 0 Å². The highest BCUT2D eigenvalue weighted by Crippen LogP contribution is 2.17. The Kier molecular flexibility index (Phi) is 8.73. The van der Waals surface area contributed by atoms with Crippen LogP contribution in [0.2, 0.25) is 0 Å². The number of unbranched alkanes of at least 4 members (excludes halogenated alkanes) is 1. The zero-order chi connectivity index (χ0) is 14.8. The quantitative estimate of drug-likeness (QED) is 0.652. The van der Waals surface area contributed by atoms with Crippen molar-refractivity contribution in [2.24, 2.45) is 5.92 Å². The second-order valence-corrected chi connectivity index (χ2v) is 7.92. The maximum atomic E-state index is 12.2. The second kappa shape index (κ2) is 9.74. The molecule has 4 nitrogen and oxygen atoms in total. The minimum Gasteiger partial charge on any atom is -0.317 e. The summed E-state index contributed by atoms with van der Waals surface area (Å²) in [5, 5.41) is 3.32. The average molecular weight is 305 g/mol. The van der Waals surface area contributed by atoms with Crippen LogP contribution in [0.3, 0.4) is 0 Å². The van der Waals surface area contributed by atoms with Crippen molar-refractivity contribution in [1.82, 2.24) is 10.0 Å². The maximum Gasteiger partial charge on any atom is 0.211 e. The van der Waals surface area contributed by atoms with Gasteiger partial charge in [-0.05, 0) is 51.1 Å². The van der Waals surface area contributed by atoms with Crippen LogP contribution in [0.1, 0.15) is 65.2 Å². The van der Waals surface area contributed by atoms with Gasteiger partial charge in [-0.2, -0.15) is 0 Å². The van der Waals surface area contributed by atoms with Crippen LogP contribution < -0.4 is 10.0 Å². The van der Waals surface area contributed by atoms with Gasteiger partial charge in [-0.3, -0.25) is 0 Å². The normalized spacial score (nSPS) is 19.1. The third kappa shape index (κ3) is 7.60. The molecular weight excluding hydrogens is 272 g/mol. The van der Waals surface area contributed by atoms with Crippen LogP contribution in [0, 0.1) is 5.92 Å². The Hall–Kier alpha value is -0.130. The predicted octanol–water partition coefficient (Wildman–Crippen LogP) is 2.65. The molecule has 1 heterocycles. The molecule has 0 spiro atoms. The Morgan fingerprint density at radius 3 is 2.45 bits per heavy atom. The first kappa shape index (κ1) is 17.9. The molecule has 2 N–H and O–H groups in total. The van der Waals surface area contributed by atoms with E-state index in [2.05, 4.69) is 23.9 Å². The molecule has 1 rings (SSSR count). The van der Waals surface area contributed by atoms with Crippen molar-refractivity contribution in [2.75, 3.05) is 18.8 Å². The van der Waals surface area contributed by atoms with Crippen LogP contribution in [-0.2, 0) is 10.0 Å². The van der Waals surface area contributed by atoms with Crippen molar-refractivity contribution >= 4 is 10.0 Å². The van der Waals surface area contributed by atoms with E-state index in [4.69, 9.17) is 0 Å². The topological polar surface area (TPSA) is 58.2 Å². The van der Waals surface area contributed by atoms with Gasteiger partial charge in [0.15, 0.2) is 0 Å². The fourth-order valence-corrected chi connectivity index (χ4v) is 4.37. The van der Waals surface area contributed by atoms with E-state index in [9.17, 15) is 8.42 Å². The van der Waals surface area contributed by atoms with Gasteiger partial charge in [0.1, 0.15) is 0 Å². The van der Waals surface area contributed by atoms with Gasteiger partial charge in [-0.25, -0.2) is 13.1 Å². The molecule has 0 aromatic carbocycles. The Morgan fingerprint density at radius 1 is 1.15 bits per heavy atom. The molecule has 120 valence electrons. The van der Waals surface area contributed by atoms with Gasteiger partial charge in [0.25, 0.3) is 0 Å². The van der Waals surface area contributed by atoms with Gasteiger partial charge in [0.2, 0.25) is 10.0 Å². The van der Waals surface area contributed by atoms with Gasteiger partial charge in [-0.1, -0.05) is 33.1 Å². The Labute approximate surface area is 125 Å². The van der Waals surface area contributed by atoms with Gasteiger partial charge in [0.05, 0.1) is 5.75 Å². The smallest absolute Gasteiger partial charge is 0.211 e. The predicted molar refractivity (Wildman–Crippen MR) is 85.4 cm³/mol. The summed E-state index contributed by atoms with van der Waals surface area (Å²) in [6, 6.07) is 0.137. The third-order valence-corrected chi connectivity index (χ3v) is 5.61. The van der Waals surface area contributed by atoms with E-state index < -0.39 is 10.0 Å². The lowest BCUT2D eigenvalue weighted by Gasteiger charge is -2.23. The minimum atomic E-state index is -3.10. The molecule has 0 aliphatic carbocycles. The van der Waals surface area contributed by atoms with Crippen LogP contribution >= 0.6 is 0 Å². The molecule has 0 bridgehead atoms. The summed E-state index contributed by atoms with van der Waals surface area (Å²) in [7, 11) is -3.10. The van der Waals surface area contributed by atoms with E-state index >= 15 is 0 Å². The maximum absolute atomic E-state index is 12.2. The van der Waals surface area contributed by atoms with Crippen LogP contribution in [-0.4, -0.2) is 33.3 Å². The summed E-state index contributed by atoms with van der Waals surface area (Å²) in [6.07, 6.45) is 8.21. The molecule has 1 atom stereocenters. The molecule has 0 aromatic heterocycles. The third-order valence-electron chi connectivity index (χ3n) is 4.14. The summed E-state index contributed by atoms with van der Waals surface area (Å²) in [6.45, 7) is 6.33. The highest BCUT2D eigenvalue weighted by atomic mass is 32.2. The summed E-state index contributed by atoms with van der Waals surface area (Å²) < 4.78 is 27.3. The molecule has 1 fully saturated rings. The molecule has 1 aliphatic heterocycles. The van der Waals surface area contributed by atoms with Crippen LogP contribution in [0.5, 0.6) is 0 Å². The lowest BCUT2D eigenvalue weighted by Crippen LogP contribution is -2.37. The van der Waals surface area contributed by atoms with Gasteiger partial charge < -0.3 is 5.32 Å². The van der Waals surface area contributed by atoms with E-state index in [-0.39, 0.29) is 6.04 Å². The molecular formula is C15H32N2O2S. The summed E-state index contributed by atoms with van der Waals surface area (Å²) in [5.74, 6) is 0.873. The van der Waals surface area contributed by atoms with Crippen LogP contribution in [0.4, 0.5) is 0 Å². The zero-order valence-corrected chi connectivity index (χ0v) is 14.0. The fraction of sp³-hybridized carbons (Fsp3) is 1.00. The highest BCUT2D eigenvalue weighted by Gasteiger charge is 2.20. The first-order valence-corrected chi connectivity index (χ1v) is 9.93. The van der Waals surface area contributed by atoms with E-state index in [0.29, 0.717) is 11.7 Å². The van der Waals surface area contributed by atoms with Gasteiger partial charge in [0, 0.05) is 6.04 Å². The molecule has 0 radical (unpaired) electrons. The molecule has 0 aromatic rings. The number of hydrogen-bond acceptors (Lipinski definition) is 3. The number of hydrogen-bond donors (Lipinski definition) is 2. The number of sulfonamides is 1. The molecule has 20 heavy (non-hydrogen) atoms. The fourth-order valence-electron chi connectivity index (χ4n) is 2.87. The number of rotatable bonds is 10. The largest absolute Gasteiger partial charge is 0.317 e. The average Bonchev–Trinajstić information content (AvgIpc) is 2.44. The van der Waals surface area contributed by atoms with Crippen molar-refractivity contribution in [3.05, 3.63) is 0 Å². The molecule has 1 unspecified atom stereocenters. The standard InChI is InChI=1S/C15H32N2O2S/c1-3-5-7-15(6-4-2)17-20(18,19)13-10-14-8-11-16-12-9-14/h14-17H,3-13H2,1-2H3. The summed E-state index contributed by atoms with van der Waals surface area (Å²) >= 11 is 0. The first-order chi connectivity index (χ1) is 9.57. The van der Waals surface area contributed by atoms with Crippen molar-refractivity contribution in [3.8, 4) is 0 Å². The Morgan fingerprint density at radius 2 is 1.85 bits per heavy atom. The molecule has 0 amide bonds. The van der Waals surface area contributed by atoms with Crippen molar-refractivity contribution in [1.29, 1.82) is 0 Å². The number of piperidine rings is 1. The first-order valence-electron chi connectivity index (χ1n) is 8.28. The Bertz CT molecular complexity index is 338. The lowest BCUT2D eigenvalue weighted by atomic mass is 9.96. The minimum absolute atomic E-state index is 0.137. The zero-order valence-electron chi connectivity index (χ0n) is 13.2. The SMILES string of the molecule is CCCCC(CCC)NS(=O)(=O)CCC1CCNCC1. The molecule has 1 aliphatic rings. The van der Waals surface area contributed by atoms with E-state index in [0.717, 1.165) is 64.5 Å². The number of nitrogens with one attached hydrogen (secondary N) is 2. The van der Waals surface area contributed by atoms with E-state index in [1.165, 1.54) is 0 Å². The Balaban J connectivity index is 2.36. The van der Waals surface area contributed by atoms with E-state index in [1.807, 2.05) is 0 Å². The molecule has 0 saturated carbocycles. The molecule has 1 saturated heterocycles. The monoisotopic (exact) mass is 304 g/mol. The van der Waals surface area contributed by atoms with Crippen molar-refractivity contribution < 1.29 is 8.42 Å². The molecule has 5 heteroatoms. The van der Waals surface area contributed by atoms with Crippen LogP contribution in [0.25, 0.3) is 0 Å². The highest BCUT2D eigenvalue weighted by molar-refractivity contribution is 7.89. The second-order valence-electron chi connectivity index (χ2n) is 6.05. The summed E-state index contributed by atoms with van der Waals surface area (Å²) in [4.78, 5) is 0. The van der Waals surface area contributed by atoms with Crippen molar-refractivity contribution in [2.45, 2.75) is 71.3 Å². The van der Waals surface area contributed by atoms with Gasteiger partial charge >= 0.3 is 0 Å². The summed E-state index contributed by atoms with van der Waals surface area (Å²) in [5.41, 5.74) is 0. The van der Waals surface area contributed by atoms with Crippen molar-refractivity contribution in [3.63, 3.8) is 0 Å². The lowest BCUT2D eigenvalue weighted by molar-refractivity contribution is 0.364.